The van der Waals surface area contributed by atoms with Gasteiger partial charge in [0.1, 0.15) is 0 Å². The summed E-state index contributed by atoms with van der Waals surface area (Å²) in [6.45, 7) is 3.49. The molecular weight excluding hydrogens is 172 g/mol. The molecule has 3 atom stereocenters. The summed E-state index contributed by atoms with van der Waals surface area (Å²) < 4.78 is 0. The minimum atomic E-state index is 0.449. The van der Waals surface area contributed by atoms with E-state index in [1.54, 1.807) is 0 Å². The van der Waals surface area contributed by atoms with Crippen molar-refractivity contribution in [2.24, 2.45) is 17.6 Å². The van der Waals surface area contributed by atoms with Gasteiger partial charge in [-0.2, -0.15) is 0 Å². The molecule has 2 rings (SSSR count). The highest BCUT2D eigenvalue weighted by molar-refractivity contribution is 4.94. The lowest BCUT2D eigenvalue weighted by Gasteiger charge is -2.29. The topological polar surface area (TPSA) is 29.3 Å². The van der Waals surface area contributed by atoms with Crippen LogP contribution in [0.1, 0.15) is 25.7 Å². The van der Waals surface area contributed by atoms with Gasteiger partial charge >= 0.3 is 0 Å². The standard InChI is InChI=1S/C12H20N2/c1-2-3-7-14-8-10-5-4-6-12(13)11(10)9-14/h1,10-12H,3-9,13H2. The maximum Gasteiger partial charge on any atom is 0.0214 e. The second-order valence-electron chi connectivity index (χ2n) is 4.73. The first-order chi connectivity index (χ1) is 6.81. The first-order valence-corrected chi connectivity index (χ1v) is 5.72. The van der Waals surface area contributed by atoms with Crippen molar-refractivity contribution < 1.29 is 0 Å². The first kappa shape index (κ1) is 10.0. The molecule has 0 aromatic rings. The van der Waals surface area contributed by atoms with Crippen LogP contribution >= 0.6 is 0 Å². The maximum absolute atomic E-state index is 6.14. The highest BCUT2D eigenvalue weighted by Gasteiger charge is 2.38. The monoisotopic (exact) mass is 192 g/mol. The molecule has 2 nitrogen and oxygen atoms in total. The summed E-state index contributed by atoms with van der Waals surface area (Å²) >= 11 is 0. The van der Waals surface area contributed by atoms with E-state index < -0.39 is 0 Å². The van der Waals surface area contributed by atoms with Crippen LogP contribution in [0.2, 0.25) is 0 Å². The van der Waals surface area contributed by atoms with Crippen LogP contribution in [0.3, 0.4) is 0 Å². The molecule has 1 heterocycles. The third-order valence-corrected chi connectivity index (χ3v) is 3.80. The molecule has 1 aliphatic heterocycles. The Morgan fingerprint density at radius 1 is 1.36 bits per heavy atom. The number of hydrogen-bond donors (Lipinski definition) is 1. The minimum absolute atomic E-state index is 0.449. The summed E-state index contributed by atoms with van der Waals surface area (Å²) in [5, 5.41) is 0. The fraction of sp³-hybridized carbons (Fsp3) is 0.833. The molecule has 2 aliphatic rings. The molecule has 1 saturated heterocycles. The SMILES string of the molecule is C#CCCN1CC2CCCC(N)C2C1. The van der Waals surface area contributed by atoms with Crippen molar-refractivity contribution in [3.8, 4) is 12.3 Å². The van der Waals surface area contributed by atoms with Gasteiger partial charge < -0.3 is 10.6 Å². The van der Waals surface area contributed by atoms with E-state index >= 15 is 0 Å². The molecule has 0 bridgehead atoms. The predicted molar refractivity (Wildman–Crippen MR) is 58.7 cm³/mol. The van der Waals surface area contributed by atoms with Gasteiger partial charge in [-0.1, -0.05) is 6.42 Å². The lowest BCUT2D eigenvalue weighted by atomic mass is 9.78. The smallest absolute Gasteiger partial charge is 0.0214 e. The molecule has 2 N–H and O–H groups in total. The molecule has 2 heteroatoms. The Bertz CT molecular complexity index is 231. The van der Waals surface area contributed by atoms with Gasteiger partial charge in [0.05, 0.1) is 0 Å². The van der Waals surface area contributed by atoms with Crippen LogP contribution in [-0.4, -0.2) is 30.6 Å². The average Bonchev–Trinajstić information content (AvgIpc) is 2.59. The first-order valence-electron chi connectivity index (χ1n) is 5.72. The summed E-state index contributed by atoms with van der Waals surface area (Å²) in [6, 6.07) is 0.449. The largest absolute Gasteiger partial charge is 0.327 e. The Morgan fingerprint density at radius 2 is 2.21 bits per heavy atom. The van der Waals surface area contributed by atoms with Crippen LogP contribution in [0, 0.1) is 24.2 Å². The summed E-state index contributed by atoms with van der Waals surface area (Å²) in [7, 11) is 0. The lowest BCUT2D eigenvalue weighted by Crippen LogP contribution is -2.38. The molecule has 1 saturated carbocycles. The van der Waals surface area contributed by atoms with E-state index in [-0.39, 0.29) is 0 Å². The fourth-order valence-corrected chi connectivity index (χ4v) is 3.01. The zero-order valence-corrected chi connectivity index (χ0v) is 8.78. The molecule has 0 radical (unpaired) electrons. The Morgan fingerprint density at radius 3 is 2.93 bits per heavy atom. The molecule has 2 fully saturated rings. The number of nitrogens with two attached hydrogens (primary N) is 1. The van der Waals surface area contributed by atoms with Gasteiger partial charge in [0.2, 0.25) is 0 Å². The molecule has 0 spiro atoms. The van der Waals surface area contributed by atoms with Crippen molar-refractivity contribution in [3.05, 3.63) is 0 Å². The maximum atomic E-state index is 6.14. The predicted octanol–water partition coefficient (Wildman–Crippen LogP) is 1.07. The molecule has 78 valence electrons. The van der Waals surface area contributed by atoms with Crippen LogP contribution in [-0.2, 0) is 0 Å². The van der Waals surface area contributed by atoms with Gasteiger partial charge in [-0.05, 0) is 24.7 Å². The summed E-state index contributed by atoms with van der Waals surface area (Å²) in [5.41, 5.74) is 6.14. The van der Waals surface area contributed by atoms with Crippen molar-refractivity contribution >= 4 is 0 Å². The average molecular weight is 192 g/mol. The minimum Gasteiger partial charge on any atom is -0.327 e. The van der Waals surface area contributed by atoms with Gasteiger partial charge in [0, 0.05) is 32.1 Å². The molecule has 1 aliphatic carbocycles. The van der Waals surface area contributed by atoms with Gasteiger partial charge in [-0.3, -0.25) is 0 Å². The molecule has 14 heavy (non-hydrogen) atoms. The van der Waals surface area contributed by atoms with Gasteiger partial charge in [0.15, 0.2) is 0 Å². The third kappa shape index (κ3) is 1.94. The lowest BCUT2D eigenvalue weighted by molar-refractivity contribution is 0.259. The molecule has 3 unspecified atom stereocenters. The fourth-order valence-electron chi connectivity index (χ4n) is 3.01. The highest BCUT2D eigenvalue weighted by Crippen LogP contribution is 2.35. The second kappa shape index (κ2) is 4.33. The number of fused-ring (bicyclic) bond motifs is 1. The molecule has 0 aromatic carbocycles. The van der Waals surface area contributed by atoms with Crippen LogP contribution in [0.5, 0.6) is 0 Å². The van der Waals surface area contributed by atoms with E-state index in [2.05, 4.69) is 10.8 Å². The van der Waals surface area contributed by atoms with Crippen LogP contribution < -0.4 is 5.73 Å². The van der Waals surface area contributed by atoms with Crippen molar-refractivity contribution in [2.75, 3.05) is 19.6 Å². The normalized spacial score (nSPS) is 37.9. The third-order valence-electron chi connectivity index (χ3n) is 3.80. The van der Waals surface area contributed by atoms with Crippen LogP contribution in [0.15, 0.2) is 0 Å². The van der Waals surface area contributed by atoms with Crippen LogP contribution in [0.4, 0.5) is 0 Å². The Kier molecular flexibility index (Phi) is 3.10. The number of hydrogen-bond acceptors (Lipinski definition) is 2. The van der Waals surface area contributed by atoms with Crippen molar-refractivity contribution in [1.82, 2.24) is 4.90 Å². The number of likely N-dealkylation sites (tertiary alicyclic amines) is 1. The van der Waals surface area contributed by atoms with E-state index in [4.69, 9.17) is 12.2 Å². The number of nitrogens with zero attached hydrogens (tertiary/aromatic N) is 1. The zero-order valence-electron chi connectivity index (χ0n) is 8.78. The highest BCUT2D eigenvalue weighted by atomic mass is 15.2. The van der Waals surface area contributed by atoms with Crippen molar-refractivity contribution in [3.63, 3.8) is 0 Å². The Hall–Kier alpha value is -0.520. The Balaban J connectivity index is 1.88. The van der Waals surface area contributed by atoms with Gasteiger partial charge in [-0.25, -0.2) is 0 Å². The van der Waals surface area contributed by atoms with Gasteiger partial charge in [0.25, 0.3) is 0 Å². The molecule has 0 aromatic heterocycles. The van der Waals surface area contributed by atoms with E-state index in [1.165, 1.54) is 32.4 Å². The quantitative estimate of drug-likeness (QED) is 0.663. The summed E-state index contributed by atoms with van der Waals surface area (Å²) in [6.07, 6.45) is 10.1. The van der Waals surface area contributed by atoms with E-state index in [0.29, 0.717) is 6.04 Å². The van der Waals surface area contributed by atoms with E-state index in [1.807, 2.05) is 0 Å². The van der Waals surface area contributed by atoms with Crippen molar-refractivity contribution in [2.45, 2.75) is 31.7 Å². The number of rotatable bonds is 2. The zero-order chi connectivity index (χ0) is 9.97. The summed E-state index contributed by atoms with van der Waals surface area (Å²) in [5.74, 6) is 4.32. The summed E-state index contributed by atoms with van der Waals surface area (Å²) in [4.78, 5) is 2.50. The van der Waals surface area contributed by atoms with Crippen LogP contribution in [0.25, 0.3) is 0 Å². The second-order valence-corrected chi connectivity index (χ2v) is 4.73. The van der Waals surface area contributed by atoms with E-state index in [0.717, 1.165) is 24.8 Å². The molecular formula is C12H20N2. The van der Waals surface area contributed by atoms with E-state index in [9.17, 15) is 0 Å². The Labute approximate surface area is 86.8 Å². The number of terminal acetylenes is 1. The van der Waals surface area contributed by atoms with Crippen molar-refractivity contribution in [1.29, 1.82) is 0 Å². The van der Waals surface area contributed by atoms with Gasteiger partial charge in [-0.15, -0.1) is 12.3 Å². The molecule has 0 amide bonds.